The maximum absolute atomic E-state index is 9.83. The van der Waals surface area contributed by atoms with Gasteiger partial charge in [-0.3, -0.25) is 4.68 Å². The Morgan fingerprint density at radius 3 is 3.07 bits per heavy atom. The summed E-state index contributed by atoms with van der Waals surface area (Å²) in [5.41, 5.74) is 1.56. The molecule has 5 rings (SSSR count). The number of hydrogen-bond donors (Lipinski definition) is 1. The third-order valence-corrected chi connectivity index (χ3v) is 5.71. The average molecular weight is 419 g/mol. The quantitative estimate of drug-likeness (QED) is 0.492. The summed E-state index contributed by atoms with van der Waals surface area (Å²) in [6, 6.07) is 9.78. The lowest BCUT2D eigenvalue weighted by Crippen LogP contribution is -2.32. The van der Waals surface area contributed by atoms with Crippen molar-refractivity contribution in [2.24, 2.45) is 0 Å². The predicted molar refractivity (Wildman–Crippen MR) is 114 cm³/mol. The highest BCUT2D eigenvalue weighted by atomic mass is 35.5. The lowest BCUT2D eigenvalue weighted by Gasteiger charge is -2.27. The van der Waals surface area contributed by atoms with E-state index in [-0.39, 0.29) is 6.04 Å². The Hall–Kier alpha value is -3.44. The van der Waals surface area contributed by atoms with E-state index in [0.29, 0.717) is 17.4 Å². The molecule has 1 N–H and O–H groups in total. The van der Waals surface area contributed by atoms with Gasteiger partial charge >= 0.3 is 0 Å². The number of anilines is 1. The maximum atomic E-state index is 9.83. The number of hydrogen-bond acceptors (Lipinski definition) is 6. The number of rotatable bonds is 5. The highest BCUT2D eigenvalue weighted by Gasteiger charge is 2.29. The number of nitriles is 1. The summed E-state index contributed by atoms with van der Waals surface area (Å²) in [5.74, 6) is 1.44. The largest absolute Gasteiger partial charge is 0.353 e. The molecule has 5 heterocycles. The fourth-order valence-corrected chi connectivity index (χ4v) is 4.18. The Bertz CT molecular complexity index is 1220. The molecule has 0 aromatic carbocycles. The molecule has 0 aliphatic carbocycles. The fraction of sp³-hybridized carbons (Fsp3) is 0.286. The number of pyridine rings is 1. The molecule has 0 radical (unpaired) electrons. The SMILES string of the molecule is N#CC(CC1CCCN1c1cccc(Cl)n1)n1cc(-c2ncc3cc[nH]c3n2)cn1. The minimum Gasteiger partial charge on any atom is -0.353 e. The van der Waals surface area contributed by atoms with Crippen LogP contribution >= 0.6 is 11.6 Å². The Kier molecular flexibility index (Phi) is 4.81. The van der Waals surface area contributed by atoms with Gasteiger partial charge in [0.2, 0.25) is 0 Å². The maximum Gasteiger partial charge on any atom is 0.164 e. The minimum absolute atomic E-state index is 0.208. The Labute approximate surface area is 178 Å². The molecule has 150 valence electrons. The van der Waals surface area contributed by atoms with Crippen LogP contribution in [0.5, 0.6) is 0 Å². The monoisotopic (exact) mass is 418 g/mol. The molecule has 0 bridgehead atoms. The van der Waals surface area contributed by atoms with Crippen LogP contribution in [0.4, 0.5) is 5.82 Å². The molecule has 2 atom stereocenters. The van der Waals surface area contributed by atoms with Gasteiger partial charge in [0.25, 0.3) is 0 Å². The zero-order valence-corrected chi connectivity index (χ0v) is 16.9. The van der Waals surface area contributed by atoms with Crippen LogP contribution in [0.3, 0.4) is 0 Å². The third-order valence-electron chi connectivity index (χ3n) is 5.50. The number of nitrogens with zero attached hydrogens (tertiary/aromatic N) is 7. The number of H-pyrrole nitrogens is 1. The zero-order chi connectivity index (χ0) is 20.5. The Morgan fingerprint density at radius 2 is 2.20 bits per heavy atom. The van der Waals surface area contributed by atoms with Crippen molar-refractivity contribution in [3.8, 4) is 17.5 Å². The van der Waals surface area contributed by atoms with Crippen molar-refractivity contribution in [2.45, 2.75) is 31.3 Å². The van der Waals surface area contributed by atoms with E-state index in [0.717, 1.165) is 41.8 Å². The number of fused-ring (bicyclic) bond motifs is 1. The molecular weight excluding hydrogens is 400 g/mol. The van der Waals surface area contributed by atoms with Crippen molar-refractivity contribution in [3.05, 3.63) is 54.2 Å². The van der Waals surface area contributed by atoms with Crippen molar-refractivity contribution in [1.29, 1.82) is 5.26 Å². The minimum atomic E-state index is -0.391. The van der Waals surface area contributed by atoms with Crippen LogP contribution in [-0.4, -0.2) is 42.3 Å². The number of halogens is 1. The van der Waals surface area contributed by atoms with Gasteiger partial charge in [0, 0.05) is 43.0 Å². The summed E-state index contributed by atoms with van der Waals surface area (Å²) in [4.78, 5) is 18.7. The van der Waals surface area contributed by atoms with Crippen molar-refractivity contribution >= 4 is 28.5 Å². The normalized spacial score (nSPS) is 17.3. The molecule has 2 unspecified atom stereocenters. The van der Waals surface area contributed by atoms with E-state index in [1.165, 1.54) is 0 Å². The number of nitrogens with one attached hydrogen (secondary N) is 1. The first-order valence-corrected chi connectivity index (χ1v) is 10.2. The van der Waals surface area contributed by atoms with E-state index in [9.17, 15) is 5.26 Å². The molecule has 4 aromatic rings. The fourth-order valence-electron chi connectivity index (χ4n) is 4.02. The summed E-state index contributed by atoms with van der Waals surface area (Å²) in [7, 11) is 0. The molecule has 8 nitrogen and oxygen atoms in total. The van der Waals surface area contributed by atoms with E-state index < -0.39 is 6.04 Å². The van der Waals surface area contributed by atoms with Crippen LogP contribution in [0.1, 0.15) is 25.3 Å². The van der Waals surface area contributed by atoms with Gasteiger partial charge in [-0.05, 0) is 31.0 Å². The first-order valence-electron chi connectivity index (χ1n) is 9.85. The summed E-state index contributed by atoms with van der Waals surface area (Å²) in [6.45, 7) is 0.907. The van der Waals surface area contributed by atoms with E-state index in [1.807, 2.05) is 30.6 Å². The van der Waals surface area contributed by atoms with Crippen LogP contribution < -0.4 is 4.90 Å². The molecule has 1 fully saturated rings. The van der Waals surface area contributed by atoms with Gasteiger partial charge in [-0.2, -0.15) is 10.4 Å². The van der Waals surface area contributed by atoms with Crippen LogP contribution in [0.15, 0.2) is 49.1 Å². The van der Waals surface area contributed by atoms with Gasteiger partial charge in [0.05, 0.1) is 17.8 Å². The van der Waals surface area contributed by atoms with Gasteiger partial charge in [-0.25, -0.2) is 15.0 Å². The lowest BCUT2D eigenvalue weighted by molar-refractivity contribution is 0.458. The summed E-state index contributed by atoms with van der Waals surface area (Å²) < 4.78 is 1.71. The van der Waals surface area contributed by atoms with Gasteiger partial charge in [-0.1, -0.05) is 17.7 Å². The van der Waals surface area contributed by atoms with E-state index >= 15 is 0 Å². The van der Waals surface area contributed by atoms with Gasteiger partial charge in [0.1, 0.15) is 22.7 Å². The van der Waals surface area contributed by atoms with Crippen molar-refractivity contribution in [3.63, 3.8) is 0 Å². The van der Waals surface area contributed by atoms with Gasteiger partial charge in [0.15, 0.2) is 5.82 Å². The second kappa shape index (κ2) is 7.76. The van der Waals surface area contributed by atoms with Crippen LogP contribution in [0.2, 0.25) is 5.15 Å². The van der Waals surface area contributed by atoms with Crippen molar-refractivity contribution in [1.82, 2.24) is 29.7 Å². The molecule has 4 aromatic heterocycles. The van der Waals surface area contributed by atoms with Crippen molar-refractivity contribution < 1.29 is 0 Å². The number of aromatic nitrogens is 6. The molecular formula is C21H19ClN8. The Balaban J connectivity index is 1.36. The number of aromatic amines is 1. The molecule has 1 aliphatic heterocycles. The van der Waals surface area contributed by atoms with E-state index in [4.69, 9.17) is 11.6 Å². The third kappa shape index (κ3) is 3.48. The second-order valence-corrected chi connectivity index (χ2v) is 7.76. The highest BCUT2D eigenvalue weighted by Crippen LogP contribution is 2.30. The van der Waals surface area contributed by atoms with Crippen LogP contribution in [0, 0.1) is 11.3 Å². The molecule has 1 saturated heterocycles. The standard InChI is InChI=1S/C21H19ClN8/c22-18-4-1-5-19(27-18)29-8-2-3-16(29)9-17(10-23)30-13-15(12-26-30)21-25-11-14-6-7-24-20(14)28-21/h1,4-7,11-13,16-17H,2-3,8-9H2,(H,24,25,28). The summed E-state index contributed by atoms with van der Waals surface area (Å²) in [6.07, 6.45) is 9.89. The molecule has 0 saturated carbocycles. The van der Waals surface area contributed by atoms with Gasteiger partial charge in [-0.15, -0.1) is 0 Å². The molecule has 0 amide bonds. The predicted octanol–water partition coefficient (Wildman–Crippen LogP) is 3.99. The van der Waals surface area contributed by atoms with Crippen LogP contribution in [0.25, 0.3) is 22.4 Å². The van der Waals surface area contributed by atoms with Gasteiger partial charge < -0.3 is 9.88 Å². The Morgan fingerprint density at radius 1 is 1.27 bits per heavy atom. The van der Waals surface area contributed by atoms with Crippen molar-refractivity contribution in [2.75, 3.05) is 11.4 Å². The molecule has 9 heteroatoms. The zero-order valence-electron chi connectivity index (χ0n) is 16.1. The second-order valence-electron chi connectivity index (χ2n) is 7.37. The molecule has 0 spiro atoms. The van der Waals surface area contributed by atoms with E-state index in [2.05, 4.69) is 36.0 Å². The smallest absolute Gasteiger partial charge is 0.164 e. The summed E-state index contributed by atoms with van der Waals surface area (Å²) in [5, 5.41) is 15.7. The first kappa shape index (κ1) is 18.6. The summed E-state index contributed by atoms with van der Waals surface area (Å²) >= 11 is 6.07. The highest BCUT2D eigenvalue weighted by molar-refractivity contribution is 6.29. The average Bonchev–Trinajstić information content (AvgIpc) is 3.51. The molecule has 1 aliphatic rings. The topological polar surface area (TPSA) is 99.3 Å². The lowest BCUT2D eigenvalue weighted by atomic mass is 10.1. The van der Waals surface area contributed by atoms with E-state index in [1.54, 1.807) is 23.1 Å². The first-order chi connectivity index (χ1) is 14.7. The van der Waals surface area contributed by atoms with Crippen LogP contribution in [-0.2, 0) is 0 Å². The molecule has 30 heavy (non-hydrogen) atoms.